The fourth-order valence-electron chi connectivity index (χ4n) is 4.92. The van der Waals surface area contributed by atoms with E-state index in [0.29, 0.717) is 18.5 Å². The van der Waals surface area contributed by atoms with E-state index in [1.807, 2.05) is 31.3 Å². The summed E-state index contributed by atoms with van der Waals surface area (Å²) in [5.74, 6) is 0.476. The fourth-order valence-corrected chi connectivity index (χ4v) is 4.92. The van der Waals surface area contributed by atoms with Gasteiger partial charge in [-0.1, -0.05) is 6.92 Å². The molecule has 9 heteroatoms. The van der Waals surface area contributed by atoms with Crippen molar-refractivity contribution in [3.63, 3.8) is 0 Å². The number of aromatic nitrogens is 3. The topological polar surface area (TPSA) is 103 Å². The number of nitrogens with zero attached hydrogens (tertiary/aromatic N) is 4. The SMILES string of the molecule is CCc1cc2ncc(CN3CCN(c4ccc(C(=O)NC)c(=O)n4C)[C@@H]4C[C@@H]43)cc2[nH]c1=O. The highest BCUT2D eigenvalue weighted by atomic mass is 16.2. The van der Waals surface area contributed by atoms with E-state index in [0.717, 1.165) is 54.0 Å². The van der Waals surface area contributed by atoms with Crippen LogP contribution in [0.3, 0.4) is 0 Å². The Balaban J connectivity index is 1.32. The van der Waals surface area contributed by atoms with Gasteiger partial charge in [-0.2, -0.15) is 0 Å². The maximum Gasteiger partial charge on any atom is 0.264 e. The molecule has 172 valence electrons. The number of hydrogen-bond donors (Lipinski definition) is 2. The van der Waals surface area contributed by atoms with Crippen molar-refractivity contribution in [3.05, 3.63) is 67.9 Å². The molecule has 5 rings (SSSR count). The summed E-state index contributed by atoms with van der Waals surface area (Å²) in [6, 6.07) is 8.12. The number of rotatable bonds is 5. The molecule has 1 aliphatic heterocycles. The van der Waals surface area contributed by atoms with Gasteiger partial charge in [0.25, 0.3) is 17.0 Å². The summed E-state index contributed by atoms with van der Waals surface area (Å²) < 4.78 is 1.57. The molecule has 1 amide bonds. The van der Waals surface area contributed by atoms with Gasteiger partial charge in [0.15, 0.2) is 0 Å². The third-order valence-electron chi connectivity index (χ3n) is 6.86. The minimum atomic E-state index is -0.368. The molecule has 1 saturated carbocycles. The van der Waals surface area contributed by atoms with Crippen LogP contribution in [0.2, 0.25) is 0 Å². The Morgan fingerprint density at radius 1 is 1.21 bits per heavy atom. The number of H-pyrrole nitrogens is 1. The van der Waals surface area contributed by atoms with E-state index < -0.39 is 0 Å². The number of carbonyl (C=O) groups is 1. The maximum absolute atomic E-state index is 12.7. The van der Waals surface area contributed by atoms with Gasteiger partial charge in [-0.05, 0) is 42.7 Å². The lowest BCUT2D eigenvalue weighted by Gasteiger charge is -2.36. The molecule has 1 saturated heterocycles. The number of piperazine rings is 1. The van der Waals surface area contributed by atoms with E-state index in [9.17, 15) is 14.4 Å². The number of aryl methyl sites for hydroxylation is 1. The first kappa shape index (κ1) is 21.4. The van der Waals surface area contributed by atoms with Crippen molar-refractivity contribution in [2.75, 3.05) is 25.0 Å². The smallest absolute Gasteiger partial charge is 0.264 e. The van der Waals surface area contributed by atoms with Crippen molar-refractivity contribution in [1.82, 2.24) is 24.8 Å². The molecule has 0 aromatic carbocycles. The second-order valence-electron chi connectivity index (χ2n) is 8.84. The van der Waals surface area contributed by atoms with E-state index >= 15 is 0 Å². The van der Waals surface area contributed by atoms with E-state index in [-0.39, 0.29) is 22.6 Å². The van der Waals surface area contributed by atoms with Crippen LogP contribution in [-0.4, -0.2) is 57.6 Å². The molecule has 0 unspecified atom stereocenters. The van der Waals surface area contributed by atoms with Gasteiger partial charge in [0.2, 0.25) is 0 Å². The van der Waals surface area contributed by atoms with Gasteiger partial charge < -0.3 is 15.2 Å². The van der Waals surface area contributed by atoms with Crippen LogP contribution in [0.15, 0.2) is 40.1 Å². The highest BCUT2D eigenvalue weighted by Gasteiger charge is 2.49. The lowest BCUT2D eigenvalue weighted by atomic mass is 10.1. The Morgan fingerprint density at radius 3 is 2.79 bits per heavy atom. The predicted octanol–water partition coefficient (Wildman–Crippen LogP) is 1.01. The molecule has 0 bridgehead atoms. The number of hydrogen-bond acceptors (Lipinski definition) is 6. The first-order valence-corrected chi connectivity index (χ1v) is 11.3. The molecule has 3 aromatic heterocycles. The average molecular weight is 449 g/mol. The van der Waals surface area contributed by atoms with E-state index in [2.05, 4.69) is 25.1 Å². The zero-order valence-electron chi connectivity index (χ0n) is 19.1. The van der Waals surface area contributed by atoms with Crippen LogP contribution in [0.5, 0.6) is 0 Å². The molecule has 0 spiro atoms. The quantitative estimate of drug-likeness (QED) is 0.604. The summed E-state index contributed by atoms with van der Waals surface area (Å²) in [4.78, 5) is 49.0. The van der Waals surface area contributed by atoms with E-state index in [1.54, 1.807) is 17.7 Å². The largest absolute Gasteiger partial charge is 0.355 e. The Morgan fingerprint density at radius 2 is 2.03 bits per heavy atom. The van der Waals surface area contributed by atoms with Gasteiger partial charge in [-0.25, -0.2) is 0 Å². The summed E-state index contributed by atoms with van der Waals surface area (Å²) in [6.07, 6.45) is 3.61. The predicted molar refractivity (Wildman–Crippen MR) is 127 cm³/mol. The zero-order chi connectivity index (χ0) is 23.3. The Hall–Kier alpha value is -3.46. The van der Waals surface area contributed by atoms with Gasteiger partial charge >= 0.3 is 0 Å². The number of nitrogens with one attached hydrogen (secondary N) is 2. The van der Waals surface area contributed by atoms with Crippen LogP contribution in [0.4, 0.5) is 5.82 Å². The lowest BCUT2D eigenvalue weighted by molar-refractivity contribution is 0.0961. The minimum absolute atomic E-state index is 0.0483. The molecular formula is C24H28N6O3. The maximum atomic E-state index is 12.7. The van der Waals surface area contributed by atoms with Crippen molar-refractivity contribution in [1.29, 1.82) is 0 Å². The molecule has 2 fully saturated rings. The molecule has 3 aromatic rings. The van der Waals surface area contributed by atoms with Gasteiger partial charge in [-0.15, -0.1) is 0 Å². The third kappa shape index (κ3) is 3.72. The zero-order valence-corrected chi connectivity index (χ0v) is 19.1. The summed E-state index contributed by atoms with van der Waals surface area (Å²) in [7, 11) is 3.24. The third-order valence-corrected chi connectivity index (χ3v) is 6.86. The van der Waals surface area contributed by atoms with Crippen LogP contribution in [-0.2, 0) is 20.0 Å². The first-order valence-electron chi connectivity index (χ1n) is 11.3. The molecular weight excluding hydrogens is 420 g/mol. The second kappa shape index (κ2) is 8.15. The number of fused-ring (bicyclic) bond motifs is 2. The molecule has 0 radical (unpaired) electrons. The summed E-state index contributed by atoms with van der Waals surface area (Å²) in [5.41, 5.74) is 3.23. The van der Waals surface area contributed by atoms with Crippen molar-refractivity contribution in [2.24, 2.45) is 7.05 Å². The molecule has 33 heavy (non-hydrogen) atoms. The minimum Gasteiger partial charge on any atom is -0.355 e. The molecule has 2 aliphatic rings. The van der Waals surface area contributed by atoms with Gasteiger partial charge in [0.05, 0.1) is 11.0 Å². The molecule has 9 nitrogen and oxygen atoms in total. The number of aromatic amines is 1. The summed E-state index contributed by atoms with van der Waals surface area (Å²) in [6.45, 7) is 4.38. The molecule has 2 atom stereocenters. The van der Waals surface area contributed by atoms with Crippen LogP contribution >= 0.6 is 0 Å². The van der Waals surface area contributed by atoms with Crippen LogP contribution < -0.4 is 21.3 Å². The summed E-state index contributed by atoms with van der Waals surface area (Å²) in [5, 5.41) is 2.52. The monoisotopic (exact) mass is 448 g/mol. The van der Waals surface area contributed by atoms with Crippen LogP contribution in [0.25, 0.3) is 11.0 Å². The van der Waals surface area contributed by atoms with Crippen LogP contribution in [0.1, 0.15) is 34.8 Å². The van der Waals surface area contributed by atoms with Crippen molar-refractivity contribution in [3.8, 4) is 0 Å². The number of anilines is 1. The van der Waals surface area contributed by atoms with Gasteiger partial charge in [0, 0.05) is 57.6 Å². The number of carbonyl (C=O) groups excluding carboxylic acids is 1. The van der Waals surface area contributed by atoms with Crippen molar-refractivity contribution < 1.29 is 4.79 Å². The van der Waals surface area contributed by atoms with Gasteiger partial charge in [-0.3, -0.25) is 28.8 Å². The van der Waals surface area contributed by atoms with Gasteiger partial charge in [0.1, 0.15) is 11.4 Å². The Bertz CT molecular complexity index is 1360. The highest BCUT2D eigenvalue weighted by Crippen LogP contribution is 2.39. The normalized spacial score (nSPS) is 20.0. The van der Waals surface area contributed by atoms with Crippen LogP contribution in [0, 0.1) is 0 Å². The average Bonchev–Trinajstić information content (AvgIpc) is 3.62. The number of amides is 1. The number of pyridine rings is 3. The fraction of sp³-hybridized carbons (Fsp3) is 0.417. The Kier molecular flexibility index (Phi) is 5.28. The van der Waals surface area contributed by atoms with Crippen molar-refractivity contribution >= 4 is 22.8 Å². The Labute approximate surface area is 191 Å². The standard InChI is InChI=1S/C24H28N6O3/c1-4-15-10-17-18(27-22(15)31)9-14(12-26-17)13-29-7-8-30(20-11-19(20)29)21-6-5-16(23(32)25-2)24(33)28(21)3/h5-6,9-10,12,19-20H,4,7-8,11,13H2,1-3H3,(H,25,32)(H,27,31)/t19-,20+/m0/s1. The molecule has 2 N–H and O–H groups in total. The van der Waals surface area contributed by atoms with Crippen molar-refractivity contribution in [2.45, 2.75) is 38.4 Å². The second-order valence-corrected chi connectivity index (χ2v) is 8.84. The van der Waals surface area contributed by atoms with E-state index in [1.165, 1.54) is 7.05 Å². The van der Waals surface area contributed by atoms with E-state index in [4.69, 9.17) is 0 Å². The molecule has 1 aliphatic carbocycles. The summed E-state index contributed by atoms with van der Waals surface area (Å²) >= 11 is 0. The molecule has 4 heterocycles. The first-order chi connectivity index (χ1) is 15.9. The lowest BCUT2D eigenvalue weighted by Crippen LogP contribution is -2.47. The highest BCUT2D eigenvalue weighted by molar-refractivity contribution is 5.93.